The number of carbonyl (C=O) groups excluding carboxylic acids is 1. The topological polar surface area (TPSA) is 32.8 Å². The van der Waals surface area contributed by atoms with Crippen molar-refractivity contribution in [3.63, 3.8) is 0 Å². The molecule has 2 heterocycles. The maximum absolute atomic E-state index is 11.7. The van der Waals surface area contributed by atoms with Crippen LogP contribution in [0.3, 0.4) is 0 Å². The van der Waals surface area contributed by atoms with Crippen molar-refractivity contribution in [3.05, 3.63) is 71.8 Å². The number of hydrogen-bond donors (Lipinski definition) is 0. The fraction of sp³-hybridized carbons (Fsp3) is 0.316. The molecule has 2 aromatic rings. The molecule has 0 N–H and O–H groups in total. The number of rotatable bonds is 3. The fourth-order valence-electron chi connectivity index (χ4n) is 3.72. The van der Waals surface area contributed by atoms with Crippen LogP contribution in [0.5, 0.6) is 0 Å². The van der Waals surface area contributed by atoms with Gasteiger partial charge in [0.2, 0.25) is 0 Å². The lowest BCUT2D eigenvalue weighted by atomic mass is 9.87. The van der Waals surface area contributed by atoms with Crippen LogP contribution >= 0.6 is 0 Å². The predicted octanol–water partition coefficient (Wildman–Crippen LogP) is 2.91. The summed E-state index contributed by atoms with van der Waals surface area (Å²) in [7, 11) is 1.80. The van der Waals surface area contributed by atoms with Gasteiger partial charge in [0, 0.05) is 20.1 Å². The molecular formula is C19H20N2O2. The summed E-state index contributed by atoms with van der Waals surface area (Å²) in [5.74, 6) is 0. The minimum Gasteiger partial charge on any atom is -0.438 e. The lowest BCUT2D eigenvalue weighted by Crippen LogP contribution is -2.64. The van der Waals surface area contributed by atoms with E-state index in [0.717, 1.165) is 13.1 Å². The molecule has 2 aliphatic rings. The van der Waals surface area contributed by atoms with Gasteiger partial charge in [-0.05, 0) is 11.1 Å². The van der Waals surface area contributed by atoms with E-state index in [9.17, 15) is 4.79 Å². The molecule has 0 atom stereocenters. The van der Waals surface area contributed by atoms with E-state index in [1.807, 2.05) is 12.1 Å². The normalized spacial score (nSPS) is 19.9. The van der Waals surface area contributed by atoms with Gasteiger partial charge in [0.05, 0.1) is 12.6 Å². The number of likely N-dealkylation sites (tertiary alicyclic amines) is 1. The lowest BCUT2D eigenvalue weighted by molar-refractivity contribution is -0.0866. The van der Waals surface area contributed by atoms with E-state index >= 15 is 0 Å². The maximum atomic E-state index is 11.7. The van der Waals surface area contributed by atoms with Crippen molar-refractivity contribution in [2.45, 2.75) is 11.6 Å². The quantitative estimate of drug-likeness (QED) is 0.874. The van der Waals surface area contributed by atoms with E-state index < -0.39 is 0 Å². The molecule has 0 radical (unpaired) electrons. The summed E-state index contributed by atoms with van der Waals surface area (Å²) in [6.45, 7) is 2.23. The van der Waals surface area contributed by atoms with Crippen molar-refractivity contribution in [2.24, 2.45) is 0 Å². The third-order valence-corrected chi connectivity index (χ3v) is 4.72. The van der Waals surface area contributed by atoms with Crippen LogP contribution in [0.1, 0.15) is 17.2 Å². The van der Waals surface area contributed by atoms with E-state index in [1.54, 1.807) is 11.9 Å². The molecule has 23 heavy (non-hydrogen) atoms. The van der Waals surface area contributed by atoms with Crippen LogP contribution < -0.4 is 0 Å². The van der Waals surface area contributed by atoms with Gasteiger partial charge < -0.3 is 9.64 Å². The zero-order chi connectivity index (χ0) is 15.9. The molecule has 2 aliphatic heterocycles. The molecule has 118 valence electrons. The van der Waals surface area contributed by atoms with Crippen LogP contribution in [0.4, 0.5) is 4.79 Å². The highest BCUT2D eigenvalue weighted by molar-refractivity contribution is 5.70. The molecule has 1 spiro atoms. The van der Waals surface area contributed by atoms with Crippen molar-refractivity contribution >= 4 is 6.09 Å². The molecule has 2 aromatic carbocycles. The molecule has 0 unspecified atom stereocenters. The Morgan fingerprint density at radius 3 is 1.87 bits per heavy atom. The van der Waals surface area contributed by atoms with Crippen LogP contribution in [0.15, 0.2) is 60.7 Å². The Morgan fingerprint density at radius 1 is 0.913 bits per heavy atom. The summed E-state index contributed by atoms with van der Waals surface area (Å²) in [6, 6.07) is 21.2. The first-order valence-corrected chi connectivity index (χ1v) is 7.95. The van der Waals surface area contributed by atoms with Gasteiger partial charge in [-0.1, -0.05) is 60.7 Å². The highest BCUT2D eigenvalue weighted by atomic mass is 16.6. The third kappa shape index (κ3) is 2.49. The van der Waals surface area contributed by atoms with Gasteiger partial charge in [-0.3, -0.25) is 4.90 Å². The number of benzene rings is 2. The summed E-state index contributed by atoms with van der Waals surface area (Å²) < 4.78 is 5.59. The summed E-state index contributed by atoms with van der Waals surface area (Å²) in [5, 5.41) is 0. The summed E-state index contributed by atoms with van der Waals surface area (Å²) in [6.07, 6.45) is -0.208. The number of carbonyl (C=O) groups is 1. The average molecular weight is 308 g/mol. The predicted molar refractivity (Wildman–Crippen MR) is 88.1 cm³/mol. The summed E-state index contributed by atoms with van der Waals surface area (Å²) in [4.78, 5) is 15.7. The Morgan fingerprint density at radius 2 is 1.43 bits per heavy atom. The molecule has 2 fully saturated rings. The smallest absolute Gasteiger partial charge is 0.410 e. The molecule has 4 heteroatoms. The molecular weight excluding hydrogens is 288 g/mol. The third-order valence-electron chi connectivity index (χ3n) is 4.72. The number of ether oxygens (including phenoxy) is 1. The second-order valence-electron chi connectivity index (χ2n) is 6.54. The lowest BCUT2D eigenvalue weighted by Gasteiger charge is -2.49. The minimum absolute atomic E-state index is 0.202. The van der Waals surface area contributed by atoms with Gasteiger partial charge >= 0.3 is 6.09 Å². The van der Waals surface area contributed by atoms with E-state index in [1.165, 1.54) is 11.1 Å². The zero-order valence-corrected chi connectivity index (χ0v) is 13.2. The monoisotopic (exact) mass is 308 g/mol. The molecule has 0 aliphatic carbocycles. The van der Waals surface area contributed by atoms with Gasteiger partial charge in [0.15, 0.2) is 5.60 Å². The number of likely N-dealkylation sites (N-methyl/N-ethyl adjacent to an activating group) is 1. The zero-order valence-electron chi connectivity index (χ0n) is 13.2. The Labute approximate surface area is 136 Å². The molecule has 0 aromatic heterocycles. The Hall–Kier alpha value is -2.33. The second-order valence-corrected chi connectivity index (χ2v) is 6.54. The summed E-state index contributed by atoms with van der Waals surface area (Å²) >= 11 is 0. The van der Waals surface area contributed by atoms with Gasteiger partial charge in [-0.15, -0.1) is 0 Å². The van der Waals surface area contributed by atoms with Crippen molar-refractivity contribution < 1.29 is 9.53 Å². The van der Waals surface area contributed by atoms with Crippen molar-refractivity contribution in [3.8, 4) is 0 Å². The number of hydrogen-bond acceptors (Lipinski definition) is 3. The van der Waals surface area contributed by atoms with E-state index in [-0.39, 0.29) is 17.7 Å². The van der Waals surface area contributed by atoms with Gasteiger partial charge in [-0.25, -0.2) is 4.79 Å². The number of amides is 1. The first kappa shape index (κ1) is 14.3. The Bertz CT molecular complexity index is 656. The Balaban J connectivity index is 1.60. The van der Waals surface area contributed by atoms with Crippen LogP contribution in [-0.4, -0.2) is 48.2 Å². The number of nitrogens with zero attached hydrogens (tertiary/aromatic N) is 2. The molecule has 4 nitrogen and oxygen atoms in total. The standard InChI is InChI=1S/C19H20N2O2/c1-20-12-19(23-18(20)22)13-21(14-19)17(15-8-4-2-5-9-15)16-10-6-3-7-11-16/h2-11,17H,12-14H2,1H3. The van der Waals surface area contributed by atoms with Crippen LogP contribution in [0.2, 0.25) is 0 Å². The molecule has 0 bridgehead atoms. The molecule has 4 rings (SSSR count). The first-order valence-electron chi connectivity index (χ1n) is 7.95. The SMILES string of the molecule is CN1CC2(CN(C(c3ccccc3)c3ccccc3)C2)OC1=O. The molecule has 1 amide bonds. The van der Waals surface area contributed by atoms with Crippen LogP contribution in [0, 0.1) is 0 Å². The van der Waals surface area contributed by atoms with Gasteiger partial charge in [0.1, 0.15) is 0 Å². The molecule has 0 saturated carbocycles. The van der Waals surface area contributed by atoms with Crippen molar-refractivity contribution in [2.75, 3.05) is 26.7 Å². The Kier molecular flexibility index (Phi) is 3.34. The van der Waals surface area contributed by atoms with Crippen LogP contribution in [0.25, 0.3) is 0 Å². The van der Waals surface area contributed by atoms with Gasteiger partial charge in [0.25, 0.3) is 0 Å². The molecule has 2 saturated heterocycles. The highest BCUT2D eigenvalue weighted by Crippen LogP contribution is 2.40. The van der Waals surface area contributed by atoms with Gasteiger partial charge in [-0.2, -0.15) is 0 Å². The minimum atomic E-state index is -0.326. The van der Waals surface area contributed by atoms with E-state index in [2.05, 4.69) is 53.4 Å². The highest BCUT2D eigenvalue weighted by Gasteiger charge is 2.54. The largest absolute Gasteiger partial charge is 0.438 e. The van der Waals surface area contributed by atoms with Crippen molar-refractivity contribution in [1.29, 1.82) is 0 Å². The maximum Gasteiger partial charge on any atom is 0.410 e. The summed E-state index contributed by atoms with van der Waals surface area (Å²) in [5.41, 5.74) is 2.21. The fourth-order valence-corrected chi connectivity index (χ4v) is 3.72. The van der Waals surface area contributed by atoms with E-state index in [0.29, 0.717) is 6.54 Å². The second kappa shape index (κ2) is 5.39. The van der Waals surface area contributed by atoms with Crippen LogP contribution in [-0.2, 0) is 4.74 Å². The first-order chi connectivity index (χ1) is 11.2. The van der Waals surface area contributed by atoms with E-state index in [4.69, 9.17) is 4.74 Å². The average Bonchev–Trinajstić information content (AvgIpc) is 2.85. The van der Waals surface area contributed by atoms with Crippen molar-refractivity contribution in [1.82, 2.24) is 9.80 Å².